The Balaban J connectivity index is 2.18. The van der Waals surface area contributed by atoms with Gasteiger partial charge in [0.1, 0.15) is 0 Å². The number of anilines is 1. The lowest BCUT2D eigenvalue weighted by molar-refractivity contribution is 0.199. The third-order valence-corrected chi connectivity index (χ3v) is 4.17. The van der Waals surface area contributed by atoms with E-state index >= 15 is 0 Å². The number of rotatable bonds is 3. The van der Waals surface area contributed by atoms with Crippen molar-refractivity contribution in [3.05, 3.63) is 28.8 Å². The number of oxime groups is 1. The minimum absolute atomic E-state index is 0.0719. The third-order valence-electron chi connectivity index (χ3n) is 3.86. The predicted molar refractivity (Wildman–Crippen MR) is 82.9 cm³/mol. The molecule has 20 heavy (non-hydrogen) atoms. The van der Waals surface area contributed by atoms with Gasteiger partial charge in [0.2, 0.25) is 0 Å². The van der Waals surface area contributed by atoms with Gasteiger partial charge in [0.25, 0.3) is 0 Å². The van der Waals surface area contributed by atoms with E-state index in [1.807, 2.05) is 12.1 Å². The summed E-state index contributed by atoms with van der Waals surface area (Å²) in [4.78, 5) is 4.74. The maximum atomic E-state index is 8.69. The Bertz CT molecular complexity index is 506. The molecule has 1 fully saturated rings. The Morgan fingerprint density at radius 2 is 2.25 bits per heavy atom. The number of benzene rings is 1. The summed E-state index contributed by atoms with van der Waals surface area (Å²) >= 11 is 6.33. The van der Waals surface area contributed by atoms with E-state index in [4.69, 9.17) is 22.5 Å². The standard InChI is InChI=1S/C14H21ClN4O/c1-3-18-6-7-19(9-10(18)2)13-5-4-11(8-12(13)15)14(16)17-20/h4-5,8,10,20H,3,6-7,9H2,1-2H3,(H2,16,17). The van der Waals surface area contributed by atoms with Crippen LogP contribution in [0.2, 0.25) is 5.02 Å². The largest absolute Gasteiger partial charge is 0.409 e. The molecule has 1 heterocycles. The highest BCUT2D eigenvalue weighted by Gasteiger charge is 2.23. The zero-order valence-corrected chi connectivity index (χ0v) is 12.6. The fourth-order valence-electron chi connectivity index (χ4n) is 2.66. The Hall–Kier alpha value is -1.46. The van der Waals surface area contributed by atoms with Crippen molar-refractivity contribution >= 4 is 23.1 Å². The molecule has 1 aliphatic heterocycles. The number of nitrogens with zero attached hydrogens (tertiary/aromatic N) is 3. The molecule has 2 rings (SSSR count). The van der Waals surface area contributed by atoms with Gasteiger partial charge in [0, 0.05) is 31.2 Å². The molecule has 0 aliphatic carbocycles. The molecule has 0 amide bonds. The van der Waals surface area contributed by atoms with E-state index in [2.05, 4.69) is 28.8 Å². The van der Waals surface area contributed by atoms with Crippen LogP contribution in [0.25, 0.3) is 0 Å². The molecule has 0 aromatic heterocycles. The molecule has 110 valence electrons. The minimum Gasteiger partial charge on any atom is -0.409 e. The van der Waals surface area contributed by atoms with E-state index in [0.717, 1.165) is 31.9 Å². The van der Waals surface area contributed by atoms with Crippen LogP contribution in [-0.2, 0) is 0 Å². The smallest absolute Gasteiger partial charge is 0.170 e. The molecule has 1 saturated heterocycles. The van der Waals surface area contributed by atoms with E-state index < -0.39 is 0 Å². The van der Waals surface area contributed by atoms with Crippen LogP contribution in [0, 0.1) is 0 Å². The number of nitrogens with two attached hydrogens (primary N) is 1. The number of likely N-dealkylation sites (N-methyl/N-ethyl adjacent to an activating group) is 1. The normalized spacial score (nSPS) is 21.2. The van der Waals surface area contributed by atoms with Crippen molar-refractivity contribution in [2.45, 2.75) is 19.9 Å². The summed E-state index contributed by atoms with van der Waals surface area (Å²) in [6.07, 6.45) is 0. The lowest BCUT2D eigenvalue weighted by Gasteiger charge is -2.40. The van der Waals surface area contributed by atoms with E-state index in [1.165, 1.54) is 0 Å². The Kier molecular flexibility index (Phi) is 4.73. The number of hydrogen-bond donors (Lipinski definition) is 2. The Labute approximate surface area is 124 Å². The summed E-state index contributed by atoms with van der Waals surface area (Å²) in [5.74, 6) is 0.0719. The average molecular weight is 297 g/mol. The van der Waals surface area contributed by atoms with Crippen LogP contribution in [0.4, 0.5) is 5.69 Å². The van der Waals surface area contributed by atoms with Crippen LogP contribution < -0.4 is 10.6 Å². The van der Waals surface area contributed by atoms with Crippen LogP contribution in [0.15, 0.2) is 23.4 Å². The first-order valence-electron chi connectivity index (χ1n) is 6.83. The highest BCUT2D eigenvalue weighted by Crippen LogP contribution is 2.28. The molecule has 0 spiro atoms. The van der Waals surface area contributed by atoms with Gasteiger partial charge in [-0.25, -0.2) is 0 Å². The van der Waals surface area contributed by atoms with Crippen LogP contribution in [0.5, 0.6) is 0 Å². The molecule has 1 aromatic rings. The molecule has 3 N–H and O–H groups in total. The highest BCUT2D eigenvalue weighted by atomic mass is 35.5. The predicted octanol–water partition coefficient (Wildman–Crippen LogP) is 1.96. The summed E-state index contributed by atoms with van der Waals surface area (Å²) in [7, 11) is 0. The summed E-state index contributed by atoms with van der Waals surface area (Å²) in [5, 5.41) is 12.3. The second-order valence-electron chi connectivity index (χ2n) is 5.08. The maximum Gasteiger partial charge on any atom is 0.170 e. The minimum atomic E-state index is 0.0719. The van der Waals surface area contributed by atoms with Crippen molar-refractivity contribution in [2.75, 3.05) is 31.1 Å². The zero-order chi connectivity index (χ0) is 14.7. The lowest BCUT2D eigenvalue weighted by Crippen LogP contribution is -2.51. The van der Waals surface area contributed by atoms with E-state index in [1.54, 1.807) is 6.07 Å². The van der Waals surface area contributed by atoms with Crippen molar-refractivity contribution in [1.29, 1.82) is 0 Å². The van der Waals surface area contributed by atoms with Crippen molar-refractivity contribution < 1.29 is 5.21 Å². The summed E-state index contributed by atoms with van der Waals surface area (Å²) in [5.41, 5.74) is 7.20. The molecular weight excluding hydrogens is 276 g/mol. The second kappa shape index (κ2) is 6.33. The molecule has 5 nitrogen and oxygen atoms in total. The van der Waals surface area contributed by atoms with Gasteiger partial charge in [-0.05, 0) is 31.7 Å². The molecule has 0 bridgehead atoms. The number of hydrogen-bond acceptors (Lipinski definition) is 4. The fourth-order valence-corrected chi connectivity index (χ4v) is 2.96. The lowest BCUT2D eigenvalue weighted by atomic mass is 10.1. The van der Waals surface area contributed by atoms with Gasteiger partial charge in [0.15, 0.2) is 5.84 Å². The monoisotopic (exact) mass is 296 g/mol. The molecule has 1 aliphatic rings. The number of halogens is 1. The van der Waals surface area contributed by atoms with E-state index in [9.17, 15) is 0 Å². The van der Waals surface area contributed by atoms with Gasteiger partial charge in [-0.15, -0.1) is 0 Å². The fraction of sp³-hybridized carbons (Fsp3) is 0.500. The molecule has 1 aromatic carbocycles. The maximum absolute atomic E-state index is 8.69. The first-order chi connectivity index (χ1) is 9.56. The zero-order valence-electron chi connectivity index (χ0n) is 11.9. The SMILES string of the molecule is CCN1CCN(c2ccc(C(N)=NO)cc2Cl)CC1C. The highest BCUT2D eigenvalue weighted by molar-refractivity contribution is 6.33. The average Bonchev–Trinajstić information content (AvgIpc) is 2.46. The molecule has 1 atom stereocenters. The van der Waals surface area contributed by atoms with Crippen LogP contribution in [-0.4, -0.2) is 48.2 Å². The Morgan fingerprint density at radius 1 is 1.50 bits per heavy atom. The molecule has 6 heteroatoms. The first-order valence-corrected chi connectivity index (χ1v) is 7.21. The van der Waals surface area contributed by atoms with Crippen LogP contribution in [0.3, 0.4) is 0 Å². The molecule has 1 unspecified atom stereocenters. The second-order valence-corrected chi connectivity index (χ2v) is 5.48. The molecule has 0 saturated carbocycles. The topological polar surface area (TPSA) is 65.1 Å². The van der Waals surface area contributed by atoms with Crippen LogP contribution in [0.1, 0.15) is 19.4 Å². The molecular formula is C14H21ClN4O. The van der Waals surface area contributed by atoms with Gasteiger partial charge in [-0.3, -0.25) is 4.90 Å². The van der Waals surface area contributed by atoms with Gasteiger partial charge in [-0.2, -0.15) is 0 Å². The number of amidine groups is 1. The summed E-state index contributed by atoms with van der Waals surface area (Å²) < 4.78 is 0. The first kappa shape index (κ1) is 14.9. The van der Waals surface area contributed by atoms with Crippen molar-refractivity contribution in [1.82, 2.24) is 4.90 Å². The van der Waals surface area contributed by atoms with Gasteiger partial charge in [0.05, 0.1) is 10.7 Å². The van der Waals surface area contributed by atoms with E-state index in [0.29, 0.717) is 16.6 Å². The summed E-state index contributed by atoms with van der Waals surface area (Å²) in [6, 6.07) is 6.01. The van der Waals surface area contributed by atoms with Gasteiger partial charge >= 0.3 is 0 Å². The van der Waals surface area contributed by atoms with Crippen molar-refractivity contribution in [3.8, 4) is 0 Å². The van der Waals surface area contributed by atoms with Crippen molar-refractivity contribution in [3.63, 3.8) is 0 Å². The Morgan fingerprint density at radius 3 is 2.80 bits per heavy atom. The third kappa shape index (κ3) is 2.99. The van der Waals surface area contributed by atoms with Crippen LogP contribution >= 0.6 is 11.6 Å². The van der Waals surface area contributed by atoms with Crippen molar-refractivity contribution in [2.24, 2.45) is 10.9 Å². The quantitative estimate of drug-likeness (QED) is 0.387. The summed E-state index contributed by atoms with van der Waals surface area (Å²) in [6.45, 7) is 8.44. The van der Waals surface area contributed by atoms with E-state index in [-0.39, 0.29) is 5.84 Å². The van der Waals surface area contributed by atoms with Gasteiger partial charge < -0.3 is 15.8 Å². The number of piperazine rings is 1. The molecule has 0 radical (unpaired) electrons. The van der Waals surface area contributed by atoms with Gasteiger partial charge in [-0.1, -0.05) is 23.7 Å².